The van der Waals surface area contributed by atoms with E-state index in [0.29, 0.717) is 5.82 Å². The molecule has 6 nitrogen and oxygen atoms in total. The number of nitrogens with one attached hydrogen (secondary N) is 2. The molecule has 2 aromatic rings. The normalized spacial score (nSPS) is 10.1. The molecule has 2 N–H and O–H groups in total. The first-order valence-corrected chi connectivity index (χ1v) is 5.79. The molecule has 0 aliphatic rings. The van der Waals surface area contributed by atoms with E-state index in [-0.39, 0.29) is 5.56 Å². The lowest BCUT2D eigenvalue weighted by molar-refractivity contribution is -0.119. The van der Waals surface area contributed by atoms with Gasteiger partial charge in [0.2, 0.25) is 0 Å². The molecule has 0 aliphatic heterocycles. The zero-order chi connectivity index (χ0) is 14.5. The summed E-state index contributed by atoms with van der Waals surface area (Å²) in [6, 6.07) is 6.67. The van der Waals surface area contributed by atoms with Crippen molar-refractivity contribution in [3.63, 3.8) is 0 Å². The molecule has 2 rings (SSSR count). The molecule has 20 heavy (non-hydrogen) atoms. The molecule has 104 valence electrons. The molecule has 1 aromatic carbocycles. The highest BCUT2D eigenvalue weighted by atomic mass is 19.1. The fraction of sp³-hybridized carbons (Fsp3) is 0.154. The first-order chi connectivity index (χ1) is 9.54. The lowest BCUT2D eigenvalue weighted by Crippen LogP contribution is -2.21. The summed E-state index contributed by atoms with van der Waals surface area (Å²) in [6.45, 7) is 1.31. The number of aromatic amines is 1. The third kappa shape index (κ3) is 3.64. The zero-order valence-corrected chi connectivity index (χ0v) is 10.6. The minimum atomic E-state index is -0.766. The van der Waals surface area contributed by atoms with E-state index in [0.717, 1.165) is 11.8 Å². The largest absolute Gasteiger partial charge is 0.452 e. The molecule has 0 unspecified atom stereocenters. The van der Waals surface area contributed by atoms with Crippen LogP contribution in [0.2, 0.25) is 0 Å². The predicted molar refractivity (Wildman–Crippen MR) is 68.6 cm³/mol. The van der Waals surface area contributed by atoms with Gasteiger partial charge in [-0.3, -0.25) is 9.89 Å². The van der Waals surface area contributed by atoms with Crippen LogP contribution < -0.4 is 5.32 Å². The van der Waals surface area contributed by atoms with E-state index in [1.54, 1.807) is 13.0 Å². The number of H-pyrrole nitrogens is 1. The average Bonchev–Trinajstić information content (AvgIpc) is 2.81. The molecule has 7 heteroatoms. The van der Waals surface area contributed by atoms with Crippen molar-refractivity contribution in [2.45, 2.75) is 6.92 Å². The second-order valence-corrected chi connectivity index (χ2v) is 4.07. The summed E-state index contributed by atoms with van der Waals surface area (Å²) >= 11 is 0. The van der Waals surface area contributed by atoms with E-state index in [1.807, 2.05) is 0 Å². The van der Waals surface area contributed by atoms with Gasteiger partial charge in [0.05, 0.1) is 5.56 Å². The number of aryl methyl sites for hydroxylation is 1. The maximum absolute atomic E-state index is 12.9. The van der Waals surface area contributed by atoms with E-state index in [1.165, 1.54) is 18.2 Å². The van der Waals surface area contributed by atoms with Crippen molar-refractivity contribution in [3.8, 4) is 0 Å². The minimum Gasteiger partial charge on any atom is -0.452 e. The Morgan fingerprint density at radius 2 is 2.20 bits per heavy atom. The monoisotopic (exact) mass is 277 g/mol. The fourth-order valence-corrected chi connectivity index (χ4v) is 1.49. The topological polar surface area (TPSA) is 84.1 Å². The molecule has 1 amide bonds. The molecule has 1 heterocycles. The Morgan fingerprint density at radius 3 is 2.85 bits per heavy atom. The van der Waals surface area contributed by atoms with E-state index in [9.17, 15) is 14.0 Å². The molecule has 0 bridgehead atoms. The number of benzene rings is 1. The van der Waals surface area contributed by atoms with E-state index in [2.05, 4.69) is 15.5 Å². The molecule has 0 atom stereocenters. The standard InChI is InChI=1S/C13H12FN3O3/c1-8-5-11(17-16-8)15-12(18)7-20-13(19)9-3-2-4-10(14)6-9/h2-6H,7H2,1H3,(H2,15,16,17,18). The Kier molecular flexibility index (Phi) is 4.09. The van der Waals surface area contributed by atoms with Crippen LogP contribution in [0.3, 0.4) is 0 Å². The van der Waals surface area contributed by atoms with Crippen LogP contribution in [0.5, 0.6) is 0 Å². The van der Waals surface area contributed by atoms with Gasteiger partial charge in [-0.2, -0.15) is 5.10 Å². The van der Waals surface area contributed by atoms with Crippen LogP contribution in [-0.2, 0) is 9.53 Å². The Bertz CT molecular complexity index is 639. The van der Waals surface area contributed by atoms with Gasteiger partial charge < -0.3 is 10.1 Å². The molecule has 0 aliphatic carbocycles. The van der Waals surface area contributed by atoms with Crippen LogP contribution in [0.25, 0.3) is 0 Å². The van der Waals surface area contributed by atoms with Gasteiger partial charge in [0, 0.05) is 11.8 Å². The van der Waals surface area contributed by atoms with Crippen molar-refractivity contribution in [2.24, 2.45) is 0 Å². The summed E-state index contributed by atoms with van der Waals surface area (Å²) in [5.74, 6) is -1.50. The number of nitrogens with zero attached hydrogens (tertiary/aromatic N) is 1. The smallest absolute Gasteiger partial charge is 0.338 e. The number of hydrogen-bond acceptors (Lipinski definition) is 4. The quantitative estimate of drug-likeness (QED) is 0.832. The van der Waals surface area contributed by atoms with Gasteiger partial charge in [0.1, 0.15) is 5.82 Å². The molecule has 0 saturated carbocycles. The summed E-state index contributed by atoms with van der Waals surface area (Å²) in [5, 5.41) is 8.91. The third-order valence-electron chi connectivity index (χ3n) is 2.37. The molecule has 1 aromatic heterocycles. The zero-order valence-electron chi connectivity index (χ0n) is 10.6. The number of aromatic nitrogens is 2. The Labute approximate surface area is 113 Å². The van der Waals surface area contributed by atoms with Crippen LogP contribution in [0.1, 0.15) is 16.1 Å². The van der Waals surface area contributed by atoms with Crippen LogP contribution in [0.15, 0.2) is 30.3 Å². The van der Waals surface area contributed by atoms with Crippen LogP contribution >= 0.6 is 0 Å². The number of amides is 1. The SMILES string of the molecule is Cc1cc(NC(=O)COC(=O)c2cccc(F)c2)n[nH]1. The van der Waals surface area contributed by atoms with Gasteiger partial charge in [0.25, 0.3) is 5.91 Å². The fourth-order valence-electron chi connectivity index (χ4n) is 1.49. The molecular weight excluding hydrogens is 265 g/mol. The van der Waals surface area contributed by atoms with E-state index >= 15 is 0 Å². The highest BCUT2D eigenvalue weighted by Gasteiger charge is 2.11. The van der Waals surface area contributed by atoms with Crippen LogP contribution in [0, 0.1) is 12.7 Å². The number of rotatable bonds is 4. The predicted octanol–water partition coefficient (Wildman–Crippen LogP) is 1.65. The lowest BCUT2D eigenvalue weighted by Gasteiger charge is -2.04. The van der Waals surface area contributed by atoms with Crippen molar-refractivity contribution < 1.29 is 18.7 Å². The van der Waals surface area contributed by atoms with Gasteiger partial charge in [-0.05, 0) is 25.1 Å². The number of carbonyl (C=O) groups excluding carboxylic acids is 2. The molecule has 0 fully saturated rings. The van der Waals surface area contributed by atoms with Gasteiger partial charge in [-0.25, -0.2) is 9.18 Å². The number of halogens is 1. The lowest BCUT2D eigenvalue weighted by atomic mass is 10.2. The maximum atomic E-state index is 12.9. The summed E-state index contributed by atoms with van der Waals surface area (Å²) in [5.41, 5.74) is 0.838. The Hall–Kier alpha value is -2.70. The third-order valence-corrected chi connectivity index (χ3v) is 2.37. The van der Waals surface area contributed by atoms with Crippen molar-refractivity contribution in [1.29, 1.82) is 0 Å². The number of hydrogen-bond donors (Lipinski definition) is 2. The summed E-state index contributed by atoms with van der Waals surface area (Å²) in [7, 11) is 0. The van der Waals surface area contributed by atoms with Crippen LogP contribution in [0.4, 0.5) is 10.2 Å². The second-order valence-electron chi connectivity index (χ2n) is 4.07. The van der Waals surface area contributed by atoms with Gasteiger partial charge in [-0.15, -0.1) is 0 Å². The molecule has 0 spiro atoms. The average molecular weight is 277 g/mol. The maximum Gasteiger partial charge on any atom is 0.338 e. The number of carbonyl (C=O) groups is 2. The van der Waals surface area contributed by atoms with Gasteiger partial charge in [-0.1, -0.05) is 6.07 Å². The van der Waals surface area contributed by atoms with E-state index in [4.69, 9.17) is 4.74 Å². The van der Waals surface area contributed by atoms with Crippen molar-refractivity contribution in [1.82, 2.24) is 10.2 Å². The number of anilines is 1. The summed E-state index contributed by atoms with van der Waals surface area (Å²) < 4.78 is 17.7. The summed E-state index contributed by atoms with van der Waals surface area (Å²) in [6.07, 6.45) is 0. The molecular formula is C13H12FN3O3. The number of ether oxygens (including phenoxy) is 1. The number of esters is 1. The second kappa shape index (κ2) is 5.96. The highest BCUT2D eigenvalue weighted by molar-refractivity contribution is 5.94. The van der Waals surface area contributed by atoms with Crippen molar-refractivity contribution in [2.75, 3.05) is 11.9 Å². The minimum absolute atomic E-state index is 0.0495. The highest BCUT2D eigenvalue weighted by Crippen LogP contribution is 2.06. The van der Waals surface area contributed by atoms with Crippen molar-refractivity contribution >= 4 is 17.7 Å². The summed E-state index contributed by atoms with van der Waals surface area (Å²) in [4.78, 5) is 23.1. The van der Waals surface area contributed by atoms with Gasteiger partial charge >= 0.3 is 5.97 Å². The first kappa shape index (κ1) is 13.7. The van der Waals surface area contributed by atoms with Crippen LogP contribution in [-0.4, -0.2) is 28.7 Å². The molecule has 0 saturated heterocycles. The van der Waals surface area contributed by atoms with Crippen molar-refractivity contribution in [3.05, 3.63) is 47.4 Å². The Morgan fingerprint density at radius 1 is 1.40 bits per heavy atom. The van der Waals surface area contributed by atoms with Gasteiger partial charge in [0.15, 0.2) is 12.4 Å². The molecule has 0 radical (unpaired) electrons. The van der Waals surface area contributed by atoms with E-state index < -0.39 is 24.3 Å². The first-order valence-electron chi connectivity index (χ1n) is 5.79. The Balaban J connectivity index is 1.85.